The summed E-state index contributed by atoms with van der Waals surface area (Å²) in [5, 5.41) is 0. The van der Waals surface area contributed by atoms with Gasteiger partial charge < -0.3 is 9.47 Å². The number of hydrogen-bond donors (Lipinski definition) is 0. The van der Waals surface area contributed by atoms with Gasteiger partial charge in [-0.15, -0.1) is 0 Å². The lowest BCUT2D eigenvalue weighted by molar-refractivity contribution is 0.909. The van der Waals surface area contributed by atoms with Crippen molar-refractivity contribution in [3.05, 3.63) is 54.1 Å². The van der Waals surface area contributed by atoms with Crippen LogP contribution in [0.15, 0.2) is 48.5 Å². The fourth-order valence-electron chi connectivity index (χ4n) is 2.50. The molecule has 0 unspecified atom stereocenters. The van der Waals surface area contributed by atoms with Gasteiger partial charge in [0.25, 0.3) is 0 Å². The van der Waals surface area contributed by atoms with Crippen LogP contribution in [0.3, 0.4) is 0 Å². The van der Waals surface area contributed by atoms with Crippen LogP contribution in [0, 0.1) is 0 Å². The molecule has 102 valence electrons. The molecular formula is C17H19N3. The predicted octanol–water partition coefficient (Wildman–Crippen LogP) is 3.90. The standard InChI is InChI=1S/C17H19N3/c1-4-13-9-11-14(12-10-13)19(2)17-18-15-7-5-6-8-16(15)20(17)3/h5-12H,4H2,1-3H3. The van der Waals surface area contributed by atoms with Gasteiger partial charge in [0, 0.05) is 19.8 Å². The largest absolute Gasteiger partial charge is 0.315 e. The molecule has 0 aliphatic rings. The highest BCUT2D eigenvalue weighted by Gasteiger charge is 2.12. The van der Waals surface area contributed by atoms with Crippen LogP contribution < -0.4 is 4.90 Å². The number of aromatic nitrogens is 2. The number of para-hydroxylation sites is 2. The van der Waals surface area contributed by atoms with Crippen LogP contribution in [0.4, 0.5) is 11.6 Å². The normalized spacial score (nSPS) is 10.9. The van der Waals surface area contributed by atoms with E-state index in [4.69, 9.17) is 4.98 Å². The Hall–Kier alpha value is -2.29. The third kappa shape index (κ3) is 2.05. The quantitative estimate of drug-likeness (QED) is 0.716. The predicted molar refractivity (Wildman–Crippen MR) is 84.6 cm³/mol. The van der Waals surface area contributed by atoms with E-state index >= 15 is 0 Å². The lowest BCUT2D eigenvalue weighted by Crippen LogP contribution is -2.14. The SMILES string of the molecule is CCc1ccc(N(C)c2nc3ccccc3n2C)cc1. The summed E-state index contributed by atoms with van der Waals surface area (Å²) in [5.41, 5.74) is 4.69. The second kappa shape index (κ2) is 5.00. The Kier molecular flexibility index (Phi) is 3.18. The van der Waals surface area contributed by atoms with Gasteiger partial charge in [0.15, 0.2) is 0 Å². The molecule has 3 nitrogen and oxygen atoms in total. The zero-order valence-electron chi connectivity index (χ0n) is 12.2. The van der Waals surface area contributed by atoms with Crippen LogP contribution in [0.25, 0.3) is 11.0 Å². The number of rotatable bonds is 3. The van der Waals surface area contributed by atoms with Crippen molar-refractivity contribution in [2.45, 2.75) is 13.3 Å². The zero-order valence-corrected chi connectivity index (χ0v) is 12.2. The third-order valence-electron chi connectivity index (χ3n) is 3.80. The first-order valence-electron chi connectivity index (χ1n) is 6.95. The maximum absolute atomic E-state index is 4.72. The maximum Gasteiger partial charge on any atom is 0.210 e. The number of imidazole rings is 1. The van der Waals surface area contributed by atoms with Crippen molar-refractivity contribution in [1.82, 2.24) is 9.55 Å². The number of aryl methyl sites for hydroxylation is 2. The van der Waals surface area contributed by atoms with E-state index in [2.05, 4.69) is 60.8 Å². The molecule has 3 rings (SSSR count). The molecule has 0 radical (unpaired) electrons. The van der Waals surface area contributed by atoms with Gasteiger partial charge in [-0.3, -0.25) is 0 Å². The molecule has 1 heterocycles. The van der Waals surface area contributed by atoms with E-state index in [1.807, 2.05) is 18.2 Å². The molecule has 20 heavy (non-hydrogen) atoms. The third-order valence-corrected chi connectivity index (χ3v) is 3.80. The zero-order chi connectivity index (χ0) is 14.1. The van der Waals surface area contributed by atoms with Gasteiger partial charge >= 0.3 is 0 Å². The van der Waals surface area contributed by atoms with Crippen molar-refractivity contribution in [3.63, 3.8) is 0 Å². The van der Waals surface area contributed by atoms with Crippen LogP contribution in [0.2, 0.25) is 0 Å². The fourth-order valence-corrected chi connectivity index (χ4v) is 2.50. The Morgan fingerprint density at radius 2 is 1.75 bits per heavy atom. The average Bonchev–Trinajstić information content (AvgIpc) is 2.84. The van der Waals surface area contributed by atoms with E-state index in [1.165, 1.54) is 5.56 Å². The van der Waals surface area contributed by atoms with E-state index < -0.39 is 0 Å². The summed E-state index contributed by atoms with van der Waals surface area (Å²) in [6, 6.07) is 16.9. The van der Waals surface area contributed by atoms with E-state index in [0.717, 1.165) is 29.1 Å². The van der Waals surface area contributed by atoms with Crippen molar-refractivity contribution in [1.29, 1.82) is 0 Å². The van der Waals surface area contributed by atoms with Gasteiger partial charge in [-0.25, -0.2) is 4.98 Å². The van der Waals surface area contributed by atoms with Crippen molar-refractivity contribution >= 4 is 22.7 Å². The number of anilines is 2. The first-order chi connectivity index (χ1) is 9.70. The second-order valence-corrected chi connectivity index (χ2v) is 5.04. The van der Waals surface area contributed by atoms with Crippen LogP contribution in [0.5, 0.6) is 0 Å². The minimum atomic E-state index is 0.954. The summed E-state index contributed by atoms with van der Waals surface area (Å²) < 4.78 is 2.13. The van der Waals surface area contributed by atoms with Crippen LogP contribution in [-0.2, 0) is 13.5 Å². The number of nitrogens with zero attached hydrogens (tertiary/aromatic N) is 3. The van der Waals surface area contributed by atoms with E-state index in [9.17, 15) is 0 Å². The highest BCUT2D eigenvalue weighted by molar-refractivity contribution is 5.79. The Bertz CT molecular complexity index is 726. The lowest BCUT2D eigenvalue weighted by Gasteiger charge is -2.18. The summed E-state index contributed by atoms with van der Waals surface area (Å²) in [6.07, 6.45) is 1.07. The van der Waals surface area contributed by atoms with Gasteiger partial charge in [-0.1, -0.05) is 31.2 Å². The van der Waals surface area contributed by atoms with Crippen molar-refractivity contribution in [2.75, 3.05) is 11.9 Å². The summed E-state index contributed by atoms with van der Waals surface area (Å²) in [4.78, 5) is 6.84. The Morgan fingerprint density at radius 3 is 2.40 bits per heavy atom. The van der Waals surface area contributed by atoms with Crippen molar-refractivity contribution < 1.29 is 0 Å². The molecule has 3 aromatic rings. The second-order valence-electron chi connectivity index (χ2n) is 5.04. The van der Waals surface area contributed by atoms with Gasteiger partial charge in [0.2, 0.25) is 5.95 Å². The molecule has 0 saturated carbocycles. The summed E-state index contributed by atoms with van der Waals surface area (Å²) in [7, 11) is 4.11. The molecule has 0 fully saturated rings. The average molecular weight is 265 g/mol. The van der Waals surface area contributed by atoms with E-state index in [1.54, 1.807) is 0 Å². The first-order valence-corrected chi connectivity index (χ1v) is 6.95. The number of hydrogen-bond acceptors (Lipinski definition) is 2. The Balaban J connectivity index is 2.02. The smallest absolute Gasteiger partial charge is 0.210 e. The van der Waals surface area contributed by atoms with Crippen LogP contribution in [-0.4, -0.2) is 16.6 Å². The van der Waals surface area contributed by atoms with Crippen LogP contribution in [0.1, 0.15) is 12.5 Å². The Morgan fingerprint density at radius 1 is 1.05 bits per heavy atom. The molecule has 0 amide bonds. The van der Waals surface area contributed by atoms with Gasteiger partial charge in [-0.05, 0) is 36.2 Å². The number of benzene rings is 2. The topological polar surface area (TPSA) is 21.1 Å². The molecule has 0 aliphatic carbocycles. The maximum atomic E-state index is 4.72. The minimum Gasteiger partial charge on any atom is -0.315 e. The lowest BCUT2D eigenvalue weighted by atomic mass is 10.1. The first kappa shape index (κ1) is 12.7. The van der Waals surface area contributed by atoms with E-state index in [0.29, 0.717) is 0 Å². The summed E-state index contributed by atoms with van der Waals surface area (Å²) in [6.45, 7) is 2.17. The Labute approximate surface area is 119 Å². The van der Waals surface area contributed by atoms with Gasteiger partial charge in [0.1, 0.15) is 0 Å². The minimum absolute atomic E-state index is 0.954. The molecule has 0 bridgehead atoms. The molecule has 0 aliphatic heterocycles. The molecule has 1 aromatic heterocycles. The molecule has 3 heteroatoms. The highest BCUT2D eigenvalue weighted by atomic mass is 15.3. The van der Waals surface area contributed by atoms with Crippen molar-refractivity contribution in [2.24, 2.45) is 7.05 Å². The molecule has 0 spiro atoms. The van der Waals surface area contributed by atoms with Crippen LogP contribution >= 0.6 is 0 Å². The molecule has 0 N–H and O–H groups in total. The molecule has 2 aromatic carbocycles. The molecule has 0 atom stereocenters. The van der Waals surface area contributed by atoms with Gasteiger partial charge in [0.05, 0.1) is 11.0 Å². The molecular weight excluding hydrogens is 246 g/mol. The highest BCUT2D eigenvalue weighted by Crippen LogP contribution is 2.26. The fraction of sp³-hybridized carbons (Fsp3) is 0.235. The molecule has 0 saturated heterocycles. The monoisotopic (exact) mass is 265 g/mol. The summed E-state index contributed by atoms with van der Waals surface area (Å²) in [5.74, 6) is 0.954. The van der Waals surface area contributed by atoms with Gasteiger partial charge in [-0.2, -0.15) is 0 Å². The van der Waals surface area contributed by atoms with E-state index in [-0.39, 0.29) is 0 Å². The van der Waals surface area contributed by atoms with Crippen molar-refractivity contribution in [3.8, 4) is 0 Å². The number of fused-ring (bicyclic) bond motifs is 1. The summed E-state index contributed by atoms with van der Waals surface area (Å²) >= 11 is 0.